The predicted octanol–water partition coefficient (Wildman–Crippen LogP) is 7.29. The van der Waals surface area contributed by atoms with E-state index in [2.05, 4.69) is 31.0 Å². The van der Waals surface area contributed by atoms with E-state index in [9.17, 15) is 19.1 Å². The second-order valence-electron chi connectivity index (χ2n) is 10.7. The lowest BCUT2D eigenvalue weighted by atomic mass is 9.85. The summed E-state index contributed by atoms with van der Waals surface area (Å²) in [6, 6.07) is 19.9. The lowest BCUT2D eigenvalue weighted by Crippen LogP contribution is -2.29. The first-order valence-corrected chi connectivity index (χ1v) is 15.2. The van der Waals surface area contributed by atoms with Crippen LogP contribution in [0.2, 0.25) is 0 Å². The first-order chi connectivity index (χ1) is 20.1. The molecule has 1 aromatic heterocycles. The van der Waals surface area contributed by atoms with Crippen molar-refractivity contribution in [2.45, 2.75) is 49.2 Å². The van der Waals surface area contributed by atoms with Gasteiger partial charge in [0.05, 0.1) is 18.2 Å². The lowest BCUT2D eigenvalue weighted by Gasteiger charge is -2.24. The molecule has 0 aliphatic carbocycles. The Morgan fingerprint density at radius 1 is 1.02 bits per heavy atom. The number of ether oxygens (including phenoxy) is 1. The van der Waals surface area contributed by atoms with Crippen LogP contribution in [0.1, 0.15) is 56.0 Å². The van der Waals surface area contributed by atoms with E-state index < -0.39 is 17.7 Å². The second-order valence-corrected chi connectivity index (χ2v) is 12.9. The van der Waals surface area contributed by atoms with Gasteiger partial charge in [0, 0.05) is 11.3 Å². The van der Waals surface area contributed by atoms with E-state index in [0.29, 0.717) is 39.1 Å². The Morgan fingerprint density at radius 3 is 2.36 bits per heavy atom. The van der Waals surface area contributed by atoms with Crippen molar-refractivity contribution in [2.24, 2.45) is 0 Å². The van der Waals surface area contributed by atoms with E-state index >= 15 is 0 Å². The molecule has 0 spiro atoms. The Labute approximate surface area is 252 Å². The molecule has 1 aliphatic rings. The normalized spacial score (nSPS) is 16.7. The van der Waals surface area contributed by atoms with Crippen LogP contribution in [-0.4, -0.2) is 33.6 Å². The average Bonchev–Trinajstić information content (AvgIpc) is 3.54. The van der Waals surface area contributed by atoms with Crippen LogP contribution >= 0.6 is 23.1 Å². The number of carbonyl (C=O) groups is 2. The molecule has 3 aromatic carbocycles. The number of aliphatic hydroxyl groups excluding tert-OH is 1. The van der Waals surface area contributed by atoms with Gasteiger partial charge in [0.15, 0.2) is 4.34 Å². The Balaban J connectivity index is 1.55. The smallest absolute Gasteiger partial charge is 0.301 e. The number of Topliss-reactive ketones (excluding diaryl/α,β-unsaturated/α-hetero) is 1. The maximum absolute atomic E-state index is 14.1. The SMILES string of the molecule is CCOc1ccc(/C(O)=C2/C(=O)C(=O)N(c3nnc(SCc4ccccc4F)s3)C2c2ccc(C(C)(C)C)cc2)cc1. The van der Waals surface area contributed by atoms with Crippen molar-refractivity contribution in [1.82, 2.24) is 10.2 Å². The van der Waals surface area contributed by atoms with E-state index in [1.54, 1.807) is 42.5 Å². The van der Waals surface area contributed by atoms with Crippen LogP contribution in [0.3, 0.4) is 0 Å². The number of carbonyl (C=O) groups excluding carboxylic acids is 2. The highest BCUT2D eigenvalue weighted by Crippen LogP contribution is 2.44. The van der Waals surface area contributed by atoms with Crippen molar-refractivity contribution in [3.63, 3.8) is 0 Å². The first kappa shape index (κ1) is 29.5. The standard InChI is InChI=1S/C32H30FN3O4S2/c1-5-40-23-16-12-20(13-17-23)27(37)25-26(19-10-14-22(15-11-19)32(2,3)4)36(29(39)28(25)38)30-34-35-31(42-30)41-18-21-8-6-7-9-24(21)33/h6-17,26,37H,5,18H2,1-4H3/b27-25-. The summed E-state index contributed by atoms with van der Waals surface area (Å²) in [4.78, 5) is 28.3. The van der Waals surface area contributed by atoms with Gasteiger partial charge < -0.3 is 9.84 Å². The molecule has 4 aromatic rings. The number of hydrogen-bond donors (Lipinski definition) is 1. The summed E-state index contributed by atoms with van der Waals surface area (Å²) < 4.78 is 20.1. The fourth-order valence-corrected chi connectivity index (χ4v) is 6.51. The summed E-state index contributed by atoms with van der Waals surface area (Å²) in [5.41, 5.74) is 2.48. The van der Waals surface area contributed by atoms with Gasteiger partial charge >= 0.3 is 5.91 Å². The zero-order valence-electron chi connectivity index (χ0n) is 23.6. The minimum Gasteiger partial charge on any atom is -0.507 e. The van der Waals surface area contributed by atoms with E-state index in [0.717, 1.165) is 16.9 Å². The molecule has 7 nitrogen and oxygen atoms in total. The molecule has 10 heteroatoms. The third-order valence-corrected chi connectivity index (χ3v) is 8.99. The Hall–Kier alpha value is -4.02. The van der Waals surface area contributed by atoms with Crippen molar-refractivity contribution in [3.8, 4) is 5.75 Å². The van der Waals surface area contributed by atoms with Gasteiger partial charge in [0.25, 0.3) is 5.78 Å². The lowest BCUT2D eigenvalue weighted by molar-refractivity contribution is -0.132. The molecule has 1 amide bonds. The summed E-state index contributed by atoms with van der Waals surface area (Å²) >= 11 is 2.42. The van der Waals surface area contributed by atoms with Crippen LogP contribution in [0.15, 0.2) is 82.7 Å². The molecule has 216 valence electrons. The van der Waals surface area contributed by atoms with Gasteiger partial charge in [-0.1, -0.05) is 86.3 Å². The Kier molecular flexibility index (Phi) is 8.47. The average molecular weight is 604 g/mol. The molecule has 2 heterocycles. The topological polar surface area (TPSA) is 92.6 Å². The molecule has 1 fully saturated rings. The summed E-state index contributed by atoms with van der Waals surface area (Å²) in [7, 11) is 0. The molecule has 1 aliphatic heterocycles. The third-order valence-electron chi connectivity index (χ3n) is 6.89. The number of benzene rings is 3. The van der Waals surface area contributed by atoms with Crippen LogP contribution < -0.4 is 9.64 Å². The molecular formula is C32H30FN3O4S2. The molecule has 1 saturated heterocycles. The van der Waals surface area contributed by atoms with Crippen molar-refractivity contribution in [3.05, 3.63) is 106 Å². The number of nitrogens with zero attached hydrogens (tertiary/aromatic N) is 3. The summed E-state index contributed by atoms with van der Waals surface area (Å²) in [6.07, 6.45) is 0. The van der Waals surface area contributed by atoms with Gasteiger partial charge in [-0.3, -0.25) is 14.5 Å². The number of aromatic nitrogens is 2. The zero-order valence-corrected chi connectivity index (χ0v) is 25.3. The van der Waals surface area contributed by atoms with Crippen molar-refractivity contribution in [1.29, 1.82) is 0 Å². The number of anilines is 1. The van der Waals surface area contributed by atoms with Gasteiger partial charge in [-0.2, -0.15) is 0 Å². The number of rotatable bonds is 8. The van der Waals surface area contributed by atoms with Crippen LogP contribution in [0.4, 0.5) is 9.52 Å². The third kappa shape index (κ3) is 5.96. The van der Waals surface area contributed by atoms with E-state index in [1.165, 1.54) is 22.7 Å². The number of amides is 1. The van der Waals surface area contributed by atoms with Crippen LogP contribution in [0, 0.1) is 5.82 Å². The number of halogens is 1. The van der Waals surface area contributed by atoms with Gasteiger partial charge in [-0.05, 0) is 59.4 Å². The van der Waals surface area contributed by atoms with Crippen molar-refractivity contribution in [2.75, 3.05) is 11.5 Å². The highest BCUT2D eigenvalue weighted by molar-refractivity contribution is 8.00. The molecule has 1 atom stereocenters. The molecule has 1 N–H and O–H groups in total. The summed E-state index contributed by atoms with van der Waals surface area (Å²) in [5, 5.41) is 20.1. The Bertz CT molecular complexity index is 1640. The van der Waals surface area contributed by atoms with Gasteiger partial charge in [-0.25, -0.2) is 4.39 Å². The number of thioether (sulfide) groups is 1. The van der Waals surface area contributed by atoms with Crippen LogP contribution in [0.25, 0.3) is 5.76 Å². The first-order valence-electron chi connectivity index (χ1n) is 13.4. The molecule has 42 heavy (non-hydrogen) atoms. The minimum absolute atomic E-state index is 0.0385. The van der Waals surface area contributed by atoms with Crippen molar-refractivity contribution < 1.29 is 23.8 Å². The van der Waals surface area contributed by atoms with Crippen LogP contribution in [-0.2, 0) is 20.8 Å². The predicted molar refractivity (Wildman–Crippen MR) is 163 cm³/mol. The van der Waals surface area contributed by atoms with Gasteiger partial charge in [-0.15, -0.1) is 10.2 Å². The van der Waals surface area contributed by atoms with Crippen LogP contribution in [0.5, 0.6) is 5.75 Å². The molecular weight excluding hydrogens is 574 g/mol. The monoisotopic (exact) mass is 603 g/mol. The highest BCUT2D eigenvalue weighted by atomic mass is 32.2. The number of hydrogen-bond acceptors (Lipinski definition) is 8. The second kappa shape index (κ2) is 12.1. The minimum atomic E-state index is -0.928. The van der Waals surface area contributed by atoms with Gasteiger partial charge in [0.1, 0.15) is 17.3 Å². The molecule has 5 rings (SSSR count). The number of aliphatic hydroxyl groups is 1. The summed E-state index contributed by atoms with van der Waals surface area (Å²) in [5.74, 6) is -1.28. The molecule has 0 bridgehead atoms. The maximum atomic E-state index is 14.1. The Morgan fingerprint density at radius 2 is 1.71 bits per heavy atom. The molecule has 0 saturated carbocycles. The quantitative estimate of drug-likeness (QED) is 0.0743. The molecule has 0 radical (unpaired) electrons. The number of ketones is 1. The zero-order chi connectivity index (χ0) is 30.0. The van der Waals surface area contributed by atoms with Crippen molar-refractivity contribution >= 4 is 45.7 Å². The van der Waals surface area contributed by atoms with E-state index in [1.807, 2.05) is 31.2 Å². The van der Waals surface area contributed by atoms with Gasteiger partial charge in [0.2, 0.25) is 5.13 Å². The largest absolute Gasteiger partial charge is 0.507 e. The van der Waals surface area contributed by atoms with E-state index in [4.69, 9.17) is 4.74 Å². The summed E-state index contributed by atoms with van der Waals surface area (Å²) in [6.45, 7) is 8.66. The highest BCUT2D eigenvalue weighted by Gasteiger charge is 2.48. The molecule has 1 unspecified atom stereocenters. The fraction of sp³-hybridized carbons (Fsp3) is 0.250. The van der Waals surface area contributed by atoms with E-state index in [-0.39, 0.29) is 27.7 Å². The fourth-order valence-electron chi connectivity index (χ4n) is 4.65. The maximum Gasteiger partial charge on any atom is 0.301 e.